The molecular formula is C8H16Ti. The molecule has 0 fully saturated rings. The van der Waals surface area contributed by atoms with Gasteiger partial charge < -0.3 is 22.3 Å². The quantitative estimate of drug-likeness (QED) is 0.314. The molecule has 0 aliphatic carbocycles. The molecule has 0 saturated carbocycles. The van der Waals surface area contributed by atoms with Crippen molar-refractivity contribution in [3.05, 3.63) is 47.1 Å². The summed E-state index contributed by atoms with van der Waals surface area (Å²) < 4.78 is 0. The van der Waals surface area contributed by atoms with Crippen LogP contribution in [0.3, 0.4) is 0 Å². The molecule has 0 aliphatic heterocycles. The molecule has 0 atom stereocenters. The number of hydrogen-bond acceptors (Lipinski definition) is 0. The molecular weight excluding hydrogens is 144 g/mol. The van der Waals surface area contributed by atoms with Crippen molar-refractivity contribution in [3.8, 4) is 0 Å². The Morgan fingerprint density at radius 3 is 1.44 bits per heavy atom. The molecule has 0 aromatic carbocycles. The van der Waals surface area contributed by atoms with E-state index in [1.165, 1.54) is 6.08 Å². The van der Waals surface area contributed by atoms with Crippen LogP contribution >= 0.6 is 0 Å². The maximum atomic E-state index is 4.93. The Morgan fingerprint density at radius 2 is 1.44 bits per heavy atom. The van der Waals surface area contributed by atoms with Crippen LogP contribution in [0, 0.1) is 28.9 Å². The van der Waals surface area contributed by atoms with Crippen LogP contribution in [0.2, 0.25) is 0 Å². The topological polar surface area (TPSA) is 0 Å². The van der Waals surface area contributed by atoms with Gasteiger partial charge >= 0.3 is 21.7 Å². The first kappa shape index (κ1) is 35.1. The molecule has 0 aromatic rings. The SMILES string of the molecule is [CH-]=CC=CC.[CH3-].[CH3-].[CH3-].[Ti+4]. The zero-order valence-electron chi connectivity index (χ0n) is 6.81. The molecule has 0 saturated heterocycles. The van der Waals surface area contributed by atoms with Gasteiger partial charge in [-0.1, -0.05) is 6.92 Å². The maximum Gasteiger partial charge on any atom is 4.00 e. The molecule has 0 bridgehead atoms. The Bertz CT molecular complexity index is 46.5. The van der Waals surface area contributed by atoms with Gasteiger partial charge in [0.25, 0.3) is 0 Å². The first-order chi connectivity index (χ1) is 2.41. The minimum Gasteiger partial charge on any atom is -0.358 e. The van der Waals surface area contributed by atoms with Crippen LogP contribution < -0.4 is 0 Å². The van der Waals surface area contributed by atoms with Crippen LogP contribution in [-0.4, -0.2) is 0 Å². The van der Waals surface area contributed by atoms with Crippen molar-refractivity contribution in [3.63, 3.8) is 0 Å². The third-order valence-electron chi connectivity index (χ3n) is 0.304. The fraction of sp³-hybridized carbons (Fsp3) is 0.125. The van der Waals surface area contributed by atoms with Gasteiger partial charge in [-0.05, 0) is 0 Å². The molecule has 0 radical (unpaired) electrons. The van der Waals surface area contributed by atoms with Gasteiger partial charge in [0.05, 0.1) is 0 Å². The van der Waals surface area contributed by atoms with Crippen molar-refractivity contribution in [1.82, 2.24) is 0 Å². The van der Waals surface area contributed by atoms with Crippen molar-refractivity contribution in [2.45, 2.75) is 6.92 Å². The Kier molecular flexibility index (Phi) is 162. The Hall–Kier alpha value is 0.194. The van der Waals surface area contributed by atoms with Gasteiger partial charge in [0.1, 0.15) is 0 Å². The van der Waals surface area contributed by atoms with Crippen LogP contribution in [0.25, 0.3) is 0 Å². The average molecular weight is 160 g/mol. The second-order valence-corrected chi connectivity index (χ2v) is 0.718. The summed E-state index contributed by atoms with van der Waals surface area (Å²) in [6.45, 7) is 6.85. The second-order valence-electron chi connectivity index (χ2n) is 0.718. The summed E-state index contributed by atoms with van der Waals surface area (Å²) in [7, 11) is 0. The second kappa shape index (κ2) is 41.6. The summed E-state index contributed by atoms with van der Waals surface area (Å²) in [4.78, 5) is 0. The zero-order valence-corrected chi connectivity index (χ0v) is 8.37. The molecule has 0 rings (SSSR count). The summed E-state index contributed by atoms with van der Waals surface area (Å²) in [5.41, 5.74) is 0. The van der Waals surface area contributed by atoms with E-state index in [0.717, 1.165) is 0 Å². The number of rotatable bonds is 1. The van der Waals surface area contributed by atoms with E-state index in [0.29, 0.717) is 0 Å². The molecule has 0 unspecified atom stereocenters. The van der Waals surface area contributed by atoms with Crippen molar-refractivity contribution in [1.29, 1.82) is 0 Å². The molecule has 0 amide bonds. The fourth-order valence-electron chi connectivity index (χ4n) is 0.111. The summed E-state index contributed by atoms with van der Waals surface area (Å²) >= 11 is 0. The summed E-state index contributed by atoms with van der Waals surface area (Å²) in [6, 6.07) is 0. The Labute approximate surface area is 75.9 Å². The van der Waals surface area contributed by atoms with Crippen molar-refractivity contribution < 1.29 is 21.7 Å². The molecule has 0 aliphatic rings. The Morgan fingerprint density at radius 1 is 1.11 bits per heavy atom. The molecule has 0 nitrogen and oxygen atoms in total. The van der Waals surface area contributed by atoms with E-state index in [2.05, 4.69) is 0 Å². The third-order valence-corrected chi connectivity index (χ3v) is 0.304. The van der Waals surface area contributed by atoms with Crippen molar-refractivity contribution in [2.75, 3.05) is 0 Å². The van der Waals surface area contributed by atoms with Gasteiger partial charge in [0.15, 0.2) is 0 Å². The molecule has 52 valence electrons. The fourth-order valence-corrected chi connectivity index (χ4v) is 0.111. The molecule has 1 heteroatoms. The summed E-state index contributed by atoms with van der Waals surface area (Å²) in [5.74, 6) is 0. The predicted octanol–water partition coefficient (Wildman–Crippen LogP) is 2.90. The largest absolute Gasteiger partial charge is 4.00 e. The van der Waals surface area contributed by atoms with E-state index in [1.807, 2.05) is 13.0 Å². The van der Waals surface area contributed by atoms with E-state index < -0.39 is 0 Å². The first-order valence-corrected chi connectivity index (χ1v) is 1.58. The summed E-state index contributed by atoms with van der Waals surface area (Å²) in [6.07, 6.45) is 5.15. The normalized spacial score (nSPS) is 5.00. The minimum absolute atomic E-state index is 0. The van der Waals surface area contributed by atoms with Gasteiger partial charge in [-0.2, -0.15) is 6.08 Å². The van der Waals surface area contributed by atoms with Gasteiger partial charge in [0.2, 0.25) is 0 Å². The van der Waals surface area contributed by atoms with Gasteiger partial charge in [0, 0.05) is 0 Å². The molecule has 0 aromatic heterocycles. The maximum absolute atomic E-state index is 4.93. The van der Waals surface area contributed by atoms with Crippen molar-refractivity contribution in [2.24, 2.45) is 0 Å². The molecule has 9 heavy (non-hydrogen) atoms. The monoisotopic (exact) mass is 160 g/mol. The van der Waals surface area contributed by atoms with E-state index in [9.17, 15) is 0 Å². The third kappa shape index (κ3) is 65.3. The predicted molar refractivity (Wildman–Crippen MR) is 42.9 cm³/mol. The first-order valence-electron chi connectivity index (χ1n) is 1.58. The van der Waals surface area contributed by atoms with E-state index >= 15 is 0 Å². The minimum atomic E-state index is 0. The van der Waals surface area contributed by atoms with Crippen LogP contribution in [0.5, 0.6) is 0 Å². The Balaban J connectivity index is -0.0000000133. The van der Waals surface area contributed by atoms with Crippen LogP contribution in [0.4, 0.5) is 0 Å². The average Bonchev–Trinajstić information content (AvgIpc) is 1.41. The molecule has 0 N–H and O–H groups in total. The van der Waals surface area contributed by atoms with Gasteiger partial charge in [-0.3, -0.25) is 6.58 Å². The van der Waals surface area contributed by atoms with E-state index in [4.69, 9.17) is 6.58 Å². The number of allylic oxidation sites excluding steroid dienone is 3. The summed E-state index contributed by atoms with van der Waals surface area (Å²) in [5, 5.41) is 0. The number of hydrogen-bond donors (Lipinski definition) is 0. The molecule has 0 heterocycles. The zero-order chi connectivity index (χ0) is 4.12. The van der Waals surface area contributed by atoms with Crippen molar-refractivity contribution >= 4 is 0 Å². The smallest absolute Gasteiger partial charge is 0.358 e. The van der Waals surface area contributed by atoms with Gasteiger partial charge in [-0.25, -0.2) is 12.2 Å². The van der Waals surface area contributed by atoms with Crippen LogP contribution in [0.15, 0.2) is 18.2 Å². The van der Waals surface area contributed by atoms with E-state index in [1.54, 1.807) is 6.08 Å². The van der Waals surface area contributed by atoms with E-state index in [-0.39, 0.29) is 44.0 Å². The van der Waals surface area contributed by atoms with Crippen LogP contribution in [-0.2, 0) is 21.7 Å². The standard InChI is InChI=1S/C5H7.3CH3.Ti/c1-3-5-4-2;;;;/h1,3-5H,2H3;3*1H3;/q4*-1;+4. The van der Waals surface area contributed by atoms with Gasteiger partial charge in [-0.15, -0.1) is 0 Å². The molecule has 0 spiro atoms. The van der Waals surface area contributed by atoms with Crippen LogP contribution in [0.1, 0.15) is 6.92 Å².